The van der Waals surface area contributed by atoms with Crippen molar-refractivity contribution in [2.75, 3.05) is 39.3 Å². The van der Waals surface area contributed by atoms with Crippen LogP contribution in [0.3, 0.4) is 0 Å². The summed E-state index contributed by atoms with van der Waals surface area (Å²) in [5, 5.41) is 3.26. The highest BCUT2D eigenvalue weighted by Gasteiger charge is 2.29. The molecule has 0 saturated carbocycles. The summed E-state index contributed by atoms with van der Waals surface area (Å²) in [6.07, 6.45) is 2.39. The van der Waals surface area contributed by atoms with Gasteiger partial charge in [0, 0.05) is 56.2 Å². The fourth-order valence-corrected chi connectivity index (χ4v) is 3.77. The molecule has 0 radical (unpaired) electrons. The third-order valence-electron chi connectivity index (χ3n) is 5.47. The Bertz CT molecular complexity index is 961. The number of benzene rings is 1. The van der Waals surface area contributed by atoms with Crippen molar-refractivity contribution in [3.05, 3.63) is 36.0 Å². The number of hydrogen-bond donors (Lipinski definition) is 2. The van der Waals surface area contributed by atoms with E-state index in [0.29, 0.717) is 32.6 Å². The number of carbonyl (C=O) groups is 4. The van der Waals surface area contributed by atoms with Crippen molar-refractivity contribution in [1.29, 1.82) is 0 Å². The van der Waals surface area contributed by atoms with Crippen LogP contribution in [0.4, 0.5) is 4.79 Å². The number of imide groups is 1. The van der Waals surface area contributed by atoms with Gasteiger partial charge in [0.1, 0.15) is 6.54 Å². The van der Waals surface area contributed by atoms with Gasteiger partial charge in [0.15, 0.2) is 0 Å². The lowest BCUT2D eigenvalue weighted by molar-refractivity contribution is -0.139. The van der Waals surface area contributed by atoms with E-state index in [1.54, 1.807) is 9.80 Å². The molecule has 1 aromatic carbocycles. The summed E-state index contributed by atoms with van der Waals surface area (Å²) in [5.41, 5.74) is 1.98. The highest BCUT2D eigenvalue weighted by molar-refractivity contribution is 5.98. The molecule has 29 heavy (non-hydrogen) atoms. The van der Waals surface area contributed by atoms with Crippen molar-refractivity contribution in [2.24, 2.45) is 0 Å². The fourth-order valence-electron chi connectivity index (χ4n) is 3.77. The number of nitrogens with one attached hydrogen (secondary N) is 2. The van der Waals surface area contributed by atoms with Crippen molar-refractivity contribution in [3.8, 4) is 0 Å². The number of H-pyrrole nitrogens is 1. The summed E-state index contributed by atoms with van der Waals surface area (Å²) in [6.45, 7) is 2.01. The smallest absolute Gasteiger partial charge is 0.324 e. The molecule has 152 valence electrons. The zero-order chi connectivity index (χ0) is 20.4. The zero-order valence-electron chi connectivity index (χ0n) is 16.0. The Morgan fingerprint density at radius 3 is 2.34 bits per heavy atom. The Morgan fingerprint density at radius 1 is 0.931 bits per heavy atom. The molecule has 0 spiro atoms. The summed E-state index contributed by atoms with van der Waals surface area (Å²) < 4.78 is 0. The van der Waals surface area contributed by atoms with E-state index in [1.165, 1.54) is 4.90 Å². The lowest BCUT2D eigenvalue weighted by Gasteiger charge is -2.36. The van der Waals surface area contributed by atoms with Crippen LogP contribution in [0, 0.1) is 0 Å². The SMILES string of the molecule is O=C1CCN(CC(=O)N2CCN(C(=O)Cc3c[nH]c4ccccc34)CC2)C(=O)N1. The number of rotatable bonds is 4. The van der Waals surface area contributed by atoms with Crippen LogP contribution < -0.4 is 5.32 Å². The van der Waals surface area contributed by atoms with Gasteiger partial charge in [0.05, 0.1) is 6.42 Å². The third kappa shape index (κ3) is 4.08. The monoisotopic (exact) mass is 397 g/mol. The molecule has 0 aliphatic carbocycles. The molecular weight excluding hydrogens is 374 g/mol. The van der Waals surface area contributed by atoms with Gasteiger partial charge in [-0.15, -0.1) is 0 Å². The number of urea groups is 1. The van der Waals surface area contributed by atoms with E-state index in [0.717, 1.165) is 16.5 Å². The number of nitrogens with zero attached hydrogens (tertiary/aromatic N) is 3. The molecule has 2 aliphatic heterocycles. The van der Waals surface area contributed by atoms with Gasteiger partial charge >= 0.3 is 6.03 Å². The lowest BCUT2D eigenvalue weighted by Crippen LogP contribution is -2.56. The van der Waals surface area contributed by atoms with Crippen LogP contribution in [0.5, 0.6) is 0 Å². The van der Waals surface area contributed by atoms with Gasteiger partial charge in [-0.05, 0) is 11.6 Å². The second-order valence-electron chi connectivity index (χ2n) is 7.32. The number of fused-ring (bicyclic) bond motifs is 1. The Kier molecular flexibility index (Phi) is 5.20. The number of aromatic nitrogens is 1. The summed E-state index contributed by atoms with van der Waals surface area (Å²) in [7, 11) is 0. The van der Waals surface area contributed by atoms with Crippen molar-refractivity contribution >= 4 is 34.7 Å². The molecule has 0 atom stereocenters. The van der Waals surface area contributed by atoms with Gasteiger partial charge in [-0.25, -0.2) is 4.79 Å². The summed E-state index contributed by atoms with van der Waals surface area (Å²) in [4.78, 5) is 56.1. The molecule has 1 aromatic heterocycles. The zero-order valence-corrected chi connectivity index (χ0v) is 16.0. The van der Waals surface area contributed by atoms with Crippen molar-refractivity contribution in [2.45, 2.75) is 12.8 Å². The number of aromatic amines is 1. The average molecular weight is 397 g/mol. The summed E-state index contributed by atoms with van der Waals surface area (Å²) in [5.74, 6) is -0.449. The Morgan fingerprint density at radius 2 is 1.62 bits per heavy atom. The summed E-state index contributed by atoms with van der Waals surface area (Å²) in [6, 6.07) is 7.35. The van der Waals surface area contributed by atoms with Crippen molar-refractivity contribution < 1.29 is 19.2 Å². The van der Waals surface area contributed by atoms with Crippen LogP contribution >= 0.6 is 0 Å². The highest BCUT2D eigenvalue weighted by atomic mass is 16.2. The molecule has 2 fully saturated rings. The van der Waals surface area contributed by atoms with Crippen LogP contribution in [0.2, 0.25) is 0 Å². The van der Waals surface area contributed by atoms with Crippen LogP contribution in [0.15, 0.2) is 30.5 Å². The van der Waals surface area contributed by atoms with Crippen molar-refractivity contribution in [3.63, 3.8) is 0 Å². The van der Waals surface area contributed by atoms with Crippen LogP contribution in [-0.4, -0.2) is 82.7 Å². The van der Waals surface area contributed by atoms with E-state index >= 15 is 0 Å². The molecule has 0 bridgehead atoms. The van der Waals surface area contributed by atoms with E-state index in [1.807, 2.05) is 30.5 Å². The molecule has 3 heterocycles. The molecule has 4 rings (SSSR count). The Balaban J connectivity index is 1.28. The number of carbonyl (C=O) groups excluding carboxylic acids is 4. The van der Waals surface area contributed by atoms with Crippen LogP contribution in [-0.2, 0) is 20.8 Å². The quantitative estimate of drug-likeness (QED) is 0.775. The number of amides is 5. The third-order valence-corrected chi connectivity index (χ3v) is 5.47. The lowest BCUT2D eigenvalue weighted by atomic mass is 10.1. The van der Waals surface area contributed by atoms with Crippen LogP contribution in [0.25, 0.3) is 10.9 Å². The largest absolute Gasteiger partial charge is 0.361 e. The fraction of sp³-hybridized carbons (Fsp3) is 0.400. The second kappa shape index (κ2) is 7.94. The first-order chi connectivity index (χ1) is 14.0. The molecule has 2 saturated heterocycles. The Labute approximate surface area is 167 Å². The first kappa shape index (κ1) is 19.0. The predicted molar refractivity (Wildman–Crippen MR) is 105 cm³/mol. The van der Waals surface area contributed by atoms with Gasteiger partial charge < -0.3 is 19.7 Å². The second-order valence-corrected chi connectivity index (χ2v) is 7.32. The van der Waals surface area contributed by atoms with Crippen LogP contribution in [0.1, 0.15) is 12.0 Å². The first-order valence-corrected chi connectivity index (χ1v) is 9.70. The molecule has 9 heteroatoms. The number of hydrogen-bond acceptors (Lipinski definition) is 4. The standard InChI is InChI=1S/C20H23N5O4/c26-17-5-6-25(20(29)22-17)13-19(28)24-9-7-23(8-10-24)18(27)11-14-12-21-16-4-2-1-3-15(14)16/h1-4,12,21H,5-11,13H2,(H,22,26,29). The summed E-state index contributed by atoms with van der Waals surface area (Å²) >= 11 is 0. The van der Waals surface area contributed by atoms with Gasteiger partial charge in [0.25, 0.3) is 0 Å². The molecule has 2 aliphatic rings. The minimum absolute atomic E-state index is 0.0378. The van der Waals surface area contributed by atoms with Gasteiger partial charge in [-0.3, -0.25) is 19.7 Å². The maximum atomic E-state index is 12.7. The van der Waals surface area contributed by atoms with Gasteiger partial charge in [-0.2, -0.15) is 0 Å². The number of piperazine rings is 1. The van der Waals surface area contributed by atoms with Crippen molar-refractivity contribution in [1.82, 2.24) is 25.0 Å². The van der Waals surface area contributed by atoms with Gasteiger partial charge in [0.2, 0.25) is 17.7 Å². The van der Waals surface area contributed by atoms with E-state index in [4.69, 9.17) is 0 Å². The predicted octanol–water partition coefficient (Wildman–Crippen LogP) is 0.323. The van der Waals surface area contributed by atoms with E-state index < -0.39 is 6.03 Å². The molecule has 9 nitrogen and oxygen atoms in total. The molecule has 2 aromatic rings. The maximum Gasteiger partial charge on any atom is 0.324 e. The maximum absolute atomic E-state index is 12.7. The van der Waals surface area contributed by atoms with E-state index in [9.17, 15) is 19.2 Å². The van der Waals surface area contributed by atoms with Gasteiger partial charge in [-0.1, -0.05) is 18.2 Å². The molecular formula is C20H23N5O4. The topological polar surface area (TPSA) is 106 Å². The Hall–Kier alpha value is -3.36. The average Bonchev–Trinajstić information content (AvgIpc) is 3.13. The molecule has 2 N–H and O–H groups in total. The molecule has 0 unspecified atom stereocenters. The highest BCUT2D eigenvalue weighted by Crippen LogP contribution is 2.19. The normalized spacial score (nSPS) is 17.6. The minimum Gasteiger partial charge on any atom is -0.361 e. The van der Waals surface area contributed by atoms with E-state index in [-0.39, 0.29) is 37.2 Å². The van der Waals surface area contributed by atoms with E-state index in [2.05, 4.69) is 10.3 Å². The minimum atomic E-state index is -0.526. The first-order valence-electron chi connectivity index (χ1n) is 9.70. The molecule has 5 amide bonds. The number of para-hydroxylation sites is 1.